The van der Waals surface area contributed by atoms with Gasteiger partial charge < -0.3 is 10.6 Å². The number of allylic oxidation sites excluding steroid dienone is 1. The fourth-order valence-electron chi connectivity index (χ4n) is 1.41. The Morgan fingerprint density at radius 2 is 1.89 bits per heavy atom. The molecule has 18 heavy (non-hydrogen) atoms. The quantitative estimate of drug-likeness (QED) is 0.819. The Hall–Kier alpha value is -1.77. The molecule has 0 aliphatic rings. The van der Waals surface area contributed by atoms with Crippen LogP contribution in [0.25, 0.3) is 0 Å². The maximum atomic E-state index is 11.6. The molecule has 3 heteroatoms. The van der Waals surface area contributed by atoms with Gasteiger partial charge in [-0.25, -0.2) is 4.79 Å². The van der Waals surface area contributed by atoms with Crippen molar-refractivity contribution in [3.05, 3.63) is 41.6 Å². The Morgan fingerprint density at radius 3 is 2.39 bits per heavy atom. The minimum absolute atomic E-state index is 0.208. The van der Waals surface area contributed by atoms with Gasteiger partial charge >= 0.3 is 6.03 Å². The number of hydrogen-bond acceptors (Lipinski definition) is 1. The molecular formula is C15H22N2O. The molecule has 98 valence electrons. The second-order valence-corrected chi connectivity index (χ2v) is 4.72. The number of benzene rings is 1. The van der Waals surface area contributed by atoms with Crippen molar-refractivity contribution in [2.45, 2.75) is 40.0 Å². The van der Waals surface area contributed by atoms with Crippen LogP contribution in [0.15, 0.2) is 36.0 Å². The minimum atomic E-state index is -0.208. The molecule has 0 atom stereocenters. The molecule has 0 heterocycles. The van der Waals surface area contributed by atoms with Crippen molar-refractivity contribution >= 4 is 11.7 Å². The molecule has 0 radical (unpaired) electrons. The van der Waals surface area contributed by atoms with Gasteiger partial charge in [0.1, 0.15) is 0 Å². The highest BCUT2D eigenvalue weighted by molar-refractivity contribution is 5.89. The van der Waals surface area contributed by atoms with Gasteiger partial charge in [-0.05, 0) is 37.0 Å². The molecule has 0 unspecified atom stereocenters. The van der Waals surface area contributed by atoms with Crippen LogP contribution in [0.3, 0.4) is 0 Å². The fourth-order valence-corrected chi connectivity index (χ4v) is 1.41. The van der Waals surface area contributed by atoms with Crippen LogP contribution >= 0.6 is 0 Å². The third kappa shape index (κ3) is 4.62. The first-order chi connectivity index (χ1) is 8.52. The van der Waals surface area contributed by atoms with Crippen LogP contribution in [0.1, 0.15) is 45.6 Å². The lowest BCUT2D eigenvalue weighted by Gasteiger charge is -2.08. The average Bonchev–Trinajstić information content (AvgIpc) is 2.36. The van der Waals surface area contributed by atoms with Crippen molar-refractivity contribution in [3.8, 4) is 0 Å². The highest BCUT2D eigenvalue weighted by atomic mass is 16.2. The molecule has 2 amide bonds. The van der Waals surface area contributed by atoms with Gasteiger partial charge in [0.05, 0.1) is 0 Å². The van der Waals surface area contributed by atoms with E-state index in [1.54, 1.807) is 6.20 Å². The van der Waals surface area contributed by atoms with Crippen LogP contribution in [0.4, 0.5) is 10.5 Å². The molecule has 2 N–H and O–H groups in total. The van der Waals surface area contributed by atoms with Crippen LogP contribution in [-0.2, 0) is 0 Å². The molecule has 0 spiro atoms. The van der Waals surface area contributed by atoms with Crippen molar-refractivity contribution < 1.29 is 4.79 Å². The zero-order valence-electron chi connectivity index (χ0n) is 11.6. The van der Waals surface area contributed by atoms with Crippen molar-refractivity contribution in [1.82, 2.24) is 5.32 Å². The smallest absolute Gasteiger partial charge is 0.314 e. The maximum Gasteiger partial charge on any atom is 0.323 e. The molecule has 1 aromatic rings. The lowest BCUT2D eigenvalue weighted by Crippen LogP contribution is -2.24. The van der Waals surface area contributed by atoms with Gasteiger partial charge in [-0.2, -0.15) is 0 Å². The summed E-state index contributed by atoms with van der Waals surface area (Å²) in [4.78, 5) is 11.6. The van der Waals surface area contributed by atoms with E-state index in [1.807, 2.05) is 31.2 Å². The predicted molar refractivity (Wildman–Crippen MR) is 76.7 cm³/mol. The van der Waals surface area contributed by atoms with Crippen LogP contribution in [0.2, 0.25) is 0 Å². The molecule has 0 aliphatic heterocycles. The summed E-state index contributed by atoms with van der Waals surface area (Å²) >= 11 is 0. The summed E-state index contributed by atoms with van der Waals surface area (Å²) in [6.07, 6.45) is 2.67. The standard InChI is InChI=1S/C15H22N2O/c1-5-12(4)10-16-15(18)17-14-8-6-13(7-9-14)11(2)3/h6-11H,5H2,1-4H3,(H2,16,17,18)/b12-10+. The Kier molecular flexibility index (Phi) is 5.43. The summed E-state index contributed by atoms with van der Waals surface area (Å²) in [6.45, 7) is 8.33. The van der Waals surface area contributed by atoms with E-state index in [0.717, 1.165) is 17.7 Å². The van der Waals surface area contributed by atoms with Crippen LogP contribution in [0.5, 0.6) is 0 Å². The number of anilines is 1. The molecule has 0 bridgehead atoms. The highest BCUT2D eigenvalue weighted by Gasteiger charge is 2.01. The molecule has 1 aromatic carbocycles. The van der Waals surface area contributed by atoms with Crippen LogP contribution in [-0.4, -0.2) is 6.03 Å². The number of nitrogens with one attached hydrogen (secondary N) is 2. The Bertz CT molecular complexity index is 419. The Balaban J connectivity index is 2.54. The summed E-state index contributed by atoms with van der Waals surface area (Å²) in [5.41, 5.74) is 3.21. The normalized spacial score (nSPS) is 11.5. The van der Waals surface area contributed by atoms with E-state index in [-0.39, 0.29) is 6.03 Å². The maximum absolute atomic E-state index is 11.6. The predicted octanol–water partition coefficient (Wildman–Crippen LogP) is 4.25. The lowest BCUT2D eigenvalue weighted by atomic mass is 10.0. The molecular weight excluding hydrogens is 224 g/mol. The fraction of sp³-hybridized carbons (Fsp3) is 0.400. The first-order valence-corrected chi connectivity index (χ1v) is 6.36. The second-order valence-electron chi connectivity index (χ2n) is 4.72. The summed E-state index contributed by atoms with van der Waals surface area (Å²) in [5.74, 6) is 0.503. The van der Waals surface area contributed by atoms with E-state index in [9.17, 15) is 4.79 Å². The van der Waals surface area contributed by atoms with Crippen LogP contribution < -0.4 is 10.6 Å². The number of carbonyl (C=O) groups excluding carboxylic acids is 1. The summed E-state index contributed by atoms with van der Waals surface area (Å²) in [6, 6.07) is 7.71. The molecule has 0 saturated heterocycles. The number of amides is 2. The first-order valence-electron chi connectivity index (χ1n) is 6.36. The van der Waals surface area contributed by atoms with E-state index >= 15 is 0 Å². The summed E-state index contributed by atoms with van der Waals surface area (Å²) in [7, 11) is 0. The van der Waals surface area contributed by atoms with E-state index in [0.29, 0.717) is 5.92 Å². The zero-order chi connectivity index (χ0) is 13.5. The first kappa shape index (κ1) is 14.3. The second kappa shape index (κ2) is 6.84. The van der Waals surface area contributed by atoms with Gasteiger partial charge in [0.25, 0.3) is 0 Å². The van der Waals surface area contributed by atoms with Gasteiger partial charge in [0.15, 0.2) is 0 Å². The van der Waals surface area contributed by atoms with E-state index in [2.05, 4.69) is 31.4 Å². The highest BCUT2D eigenvalue weighted by Crippen LogP contribution is 2.16. The van der Waals surface area contributed by atoms with Gasteiger partial charge in [0.2, 0.25) is 0 Å². The van der Waals surface area contributed by atoms with Crippen LogP contribution in [0, 0.1) is 0 Å². The number of carbonyl (C=O) groups is 1. The Morgan fingerprint density at radius 1 is 1.28 bits per heavy atom. The van der Waals surface area contributed by atoms with E-state index < -0.39 is 0 Å². The number of hydrogen-bond donors (Lipinski definition) is 2. The third-order valence-electron chi connectivity index (χ3n) is 2.84. The van der Waals surface area contributed by atoms with Gasteiger partial charge in [-0.1, -0.05) is 38.5 Å². The minimum Gasteiger partial charge on any atom is -0.314 e. The lowest BCUT2D eigenvalue weighted by molar-refractivity contribution is 0.255. The van der Waals surface area contributed by atoms with Crippen molar-refractivity contribution in [3.63, 3.8) is 0 Å². The molecule has 0 fully saturated rings. The van der Waals surface area contributed by atoms with Crippen molar-refractivity contribution in [1.29, 1.82) is 0 Å². The molecule has 1 rings (SSSR count). The largest absolute Gasteiger partial charge is 0.323 e. The molecule has 0 aromatic heterocycles. The summed E-state index contributed by atoms with van der Waals surface area (Å²) < 4.78 is 0. The zero-order valence-corrected chi connectivity index (χ0v) is 11.6. The molecule has 0 saturated carbocycles. The monoisotopic (exact) mass is 246 g/mol. The number of rotatable bonds is 4. The Labute approximate surface area is 109 Å². The molecule has 0 aliphatic carbocycles. The van der Waals surface area contributed by atoms with Gasteiger partial charge in [-0.3, -0.25) is 0 Å². The average molecular weight is 246 g/mol. The van der Waals surface area contributed by atoms with Gasteiger partial charge in [-0.15, -0.1) is 0 Å². The van der Waals surface area contributed by atoms with Crippen molar-refractivity contribution in [2.24, 2.45) is 0 Å². The van der Waals surface area contributed by atoms with E-state index in [1.165, 1.54) is 5.56 Å². The molecule has 3 nitrogen and oxygen atoms in total. The number of urea groups is 1. The van der Waals surface area contributed by atoms with E-state index in [4.69, 9.17) is 0 Å². The summed E-state index contributed by atoms with van der Waals surface area (Å²) in [5, 5.41) is 5.50. The van der Waals surface area contributed by atoms with Gasteiger partial charge in [0, 0.05) is 11.9 Å². The van der Waals surface area contributed by atoms with Crippen molar-refractivity contribution in [2.75, 3.05) is 5.32 Å². The topological polar surface area (TPSA) is 41.1 Å². The SMILES string of the molecule is CC/C(C)=C/NC(=O)Nc1ccc(C(C)C)cc1. The third-order valence-corrected chi connectivity index (χ3v) is 2.84.